The van der Waals surface area contributed by atoms with Crippen LogP contribution in [0.4, 0.5) is 0 Å². The summed E-state index contributed by atoms with van der Waals surface area (Å²) in [5, 5.41) is 0. The van der Waals surface area contributed by atoms with Crippen molar-refractivity contribution in [3.05, 3.63) is 35.4 Å². The molecule has 122 valence electrons. The van der Waals surface area contributed by atoms with E-state index in [2.05, 4.69) is 47.9 Å². The van der Waals surface area contributed by atoms with Crippen LogP contribution in [0.1, 0.15) is 56.6 Å². The molecule has 0 spiro atoms. The fourth-order valence-corrected chi connectivity index (χ4v) is 4.10. The summed E-state index contributed by atoms with van der Waals surface area (Å²) in [6.45, 7) is 12.0. The van der Waals surface area contributed by atoms with Crippen molar-refractivity contribution in [2.45, 2.75) is 52.0 Å². The zero-order valence-corrected chi connectivity index (χ0v) is 14.4. The second-order valence-electron chi connectivity index (χ2n) is 7.25. The van der Waals surface area contributed by atoms with Crippen LogP contribution in [-0.2, 0) is 6.54 Å². The van der Waals surface area contributed by atoms with E-state index in [9.17, 15) is 0 Å². The number of benzene rings is 1. The molecule has 0 N–H and O–H groups in total. The summed E-state index contributed by atoms with van der Waals surface area (Å²) >= 11 is 0. The highest BCUT2D eigenvalue weighted by molar-refractivity contribution is 5.27. The zero-order valence-electron chi connectivity index (χ0n) is 14.4. The largest absolute Gasteiger partial charge is 0.304 e. The van der Waals surface area contributed by atoms with Gasteiger partial charge in [0.05, 0.1) is 0 Å². The van der Waals surface area contributed by atoms with Crippen molar-refractivity contribution < 1.29 is 0 Å². The third-order valence-electron chi connectivity index (χ3n) is 5.70. The number of hydrogen-bond acceptors (Lipinski definition) is 2. The number of hydrogen-bond donors (Lipinski definition) is 0. The van der Waals surface area contributed by atoms with E-state index >= 15 is 0 Å². The number of likely N-dealkylation sites (tertiary alicyclic amines) is 1. The quantitative estimate of drug-likeness (QED) is 0.747. The lowest BCUT2D eigenvalue weighted by atomic mass is 9.71. The minimum absolute atomic E-state index is 0.821. The van der Waals surface area contributed by atoms with Gasteiger partial charge in [0, 0.05) is 13.1 Å². The van der Waals surface area contributed by atoms with E-state index in [0.29, 0.717) is 0 Å². The summed E-state index contributed by atoms with van der Waals surface area (Å²) in [5.74, 6) is 1.75. The maximum absolute atomic E-state index is 2.58. The van der Waals surface area contributed by atoms with Crippen LogP contribution in [0.3, 0.4) is 0 Å². The molecule has 2 aliphatic rings. The molecule has 1 aliphatic heterocycles. The van der Waals surface area contributed by atoms with Gasteiger partial charge in [-0.3, -0.25) is 4.90 Å². The minimum atomic E-state index is 0.821. The molecule has 1 saturated heterocycles. The predicted molar refractivity (Wildman–Crippen MR) is 94.2 cm³/mol. The monoisotopic (exact) mass is 300 g/mol. The van der Waals surface area contributed by atoms with Gasteiger partial charge in [-0.2, -0.15) is 0 Å². The summed E-state index contributed by atoms with van der Waals surface area (Å²) < 4.78 is 0. The number of rotatable bonds is 7. The standard InChI is InChI=1S/C20H32N2/c1-3-21(4-2)16-18-13-20(14-18)19-9-7-17(8-10-19)15-22-11-5-6-12-22/h7-10,18,20H,3-6,11-16H2,1-2H3. The molecule has 1 aromatic rings. The fourth-order valence-electron chi connectivity index (χ4n) is 4.10. The second-order valence-corrected chi connectivity index (χ2v) is 7.25. The van der Waals surface area contributed by atoms with E-state index in [1.165, 1.54) is 64.0 Å². The first-order chi connectivity index (χ1) is 10.8. The molecule has 1 aromatic carbocycles. The van der Waals surface area contributed by atoms with Gasteiger partial charge in [-0.25, -0.2) is 0 Å². The molecular formula is C20H32N2. The van der Waals surface area contributed by atoms with E-state index in [4.69, 9.17) is 0 Å². The van der Waals surface area contributed by atoms with Crippen molar-refractivity contribution >= 4 is 0 Å². The van der Waals surface area contributed by atoms with Crippen LogP contribution >= 0.6 is 0 Å². The van der Waals surface area contributed by atoms with Crippen molar-refractivity contribution in [3.63, 3.8) is 0 Å². The smallest absolute Gasteiger partial charge is 0.0233 e. The SMILES string of the molecule is CCN(CC)CC1CC(c2ccc(CN3CCCC3)cc2)C1. The minimum Gasteiger partial charge on any atom is -0.304 e. The lowest BCUT2D eigenvalue weighted by Gasteiger charge is -2.38. The van der Waals surface area contributed by atoms with Crippen molar-refractivity contribution in [3.8, 4) is 0 Å². The van der Waals surface area contributed by atoms with Crippen molar-refractivity contribution in [1.29, 1.82) is 0 Å². The van der Waals surface area contributed by atoms with E-state index < -0.39 is 0 Å². The average molecular weight is 300 g/mol. The Morgan fingerprint density at radius 1 is 1.00 bits per heavy atom. The maximum atomic E-state index is 2.58. The lowest BCUT2D eigenvalue weighted by molar-refractivity contribution is 0.169. The first-order valence-corrected chi connectivity index (χ1v) is 9.32. The Morgan fingerprint density at radius 2 is 1.64 bits per heavy atom. The van der Waals surface area contributed by atoms with Gasteiger partial charge in [-0.15, -0.1) is 0 Å². The molecule has 1 aliphatic carbocycles. The molecule has 0 aromatic heterocycles. The van der Waals surface area contributed by atoms with Gasteiger partial charge in [0.15, 0.2) is 0 Å². The Labute approximate surface area is 136 Å². The summed E-state index contributed by atoms with van der Waals surface area (Å²) in [6.07, 6.45) is 5.55. The van der Waals surface area contributed by atoms with Crippen LogP contribution in [0, 0.1) is 5.92 Å². The lowest BCUT2D eigenvalue weighted by Crippen LogP contribution is -2.35. The van der Waals surface area contributed by atoms with Crippen LogP contribution in [0.25, 0.3) is 0 Å². The average Bonchev–Trinajstić information content (AvgIpc) is 3.01. The molecular weight excluding hydrogens is 268 g/mol. The maximum Gasteiger partial charge on any atom is 0.0233 e. The third-order valence-corrected chi connectivity index (χ3v) is 5.70. The van der Waals surface area contributed by atoms with Gasteiger partial charge < -0.3 is 4.90 Å². The predicted octanol–water partition coefficient (Wildman–Crippen LogP) is 4.12. The zero-order chi connectivity index (χ0) is 15.4. The Morgan fingerprint density at radius 3 is 2.23 bits per heavy atom. The van der Waals surface area contributed by atoms with E-state index in [-0.39, 0.29) is 0 Å². The molecule has 1 heterocycles. The van der Waals surface area contributed by atoms with Crippen molar-refractivity contribution in [2.24, 2.45) is 5.92 Å². The normalized spacial score (nSPS) is 25.6. The number of nitrogens with zero attached hydrogens (tertiary/aromatic N) is 2. The summed E-state index contributed by atoms with van der Waals surface area (Å²) in [5.41, 5.74) is 3.06. The Hall–Kier alpha value is -0.860. The van der Waals surface area contributed by atoms with Crippen molar-refractivity contribution in [1.82, 2.24) is 9.80 Å². The summed E-state index contributed by atoms with van der Waals surface area (Å²) in [6, 6.07) is 9.52. The molecule has 3 rings (SSSR count). The van der Waals surface area contributed by atoms with Crippen LogP contribution in [0.15, 0.2) is 24.3 Å². The van der Waals surface area contributed by atoms with Gasteiger partial charge in [0.2, 0.25) is 0 Å². The molecule has 0 radical (unpaired) electrons. The topological polar surface area (TPSA) is 6.48 Å². The summed E-state index contributed by atoms with van der Waals surface area (Å²) in [4.78, 5) is 5.15. The van der Waals surface area contributed by atoms with Crippen LogP contribution in [-0.4, -0.2) is 42.5 Å². The molecule has 0 bridgehead atoms. The molecule has 22 heavy (non-hydrogen) atoms. The highest BCUT2D eigenvalue weighted by Crippen LogP contribution is 2.41. The van der Waals surface area contributed by atoms with Gasteiger partial charge in [0.1, 0.15) is 0 Å². The van der Waals surface area contributed by atoms with Gasteiger partial charge >= 0.3 is 0 Å². The first-order valence-electron chi connectivity index (χ1n) is 9.32. The fraction of sp³-hybridized carbons (Fsp3) is 0.700. The Bertz CT molecular complexity index is 437. The van der Waals surface area contributed by atoms with E-state index in [1.54, 1.807) is 5.56 Å². The van der Waals surface area contributed by atoms with Gasteiger partial charge in [-0.05, 0) is 74.8 Å². The van der Waals surface area contributed by atoms with Gasteiger partial charge in [-0.1, -0.05) is 38.1 Å². The Kier molecular flexibility index (Phi) is 5.54. The van der Waals surface area contributed by atoms with Crippen LogP contribution in [0.5, 0.6) is 0 Å². The molecule has 2 nitrogen and oxygen atoms in total. The highest BCUT2D eigenvalue weighted by atomic mass is 15.1. The van der Waals surface area contributed by atoms with Gasteiger partial charge in [0.25, 0.3) is 0 Å². The van der Waals surface area contributed by atoms with Crippen LogP contribution in [0.2, 0.25) is 0 Å². The third kappa shape index (κ3) is 3.91. The molecule has 2 heteroatoms. The second kappa shape index (κ2) is 7.61. The van der Waals surface area contributed by atoms with Crippen molar-refractivity contribution in [2.75, 3.05) is 32.7 Å². The molecule has 0 atom stereocenters. The molecule has 1 saturated carbocycles. The molecule has 2 fully saturated rings. The highest BCUT2D eigenvalue weighted by Gasteiger charge is 2.30. The Balaban J connectivity index is 1.46. The van der Waals surface area contributed by atoms with E-state index in [1.807, 2.05) is 0 Å². The van der Waals surface area contributed by atoms with Crippen LogP contribution < -0.4 is 0 Å². The summed E-state index contributed by atoms with van der Waals surface area (Å²) in [7, 11) is 0. The first kappa shape index (κ1) is 16.0. The molecule has 0 unspecified atom stereocenters. The van der Waals surface area contributed by atoms with E-state index in [0.717, 1.165) is 18.4 Å². The molecule has 0 amide bonds.